The van der Waals surface area contributed by atoms with Gasteiger partial charge in [0.05, 0.1) is 16.4 Å². The van der Waals surface area contributed by atoms with Crippen LogP contribution in [0.5, 0.6) is 5.75 Å². The Balaban J connectivity index is 3.11. The second kappa shape index (κ2) is 6.80. The summed E-state index contributed by atoms with van der Waals surface area (Å²) in [6, 6.07) is 3.85. The van der Waals surface area contributed by atoms with Crippen LogP contribution in [-0.4, -0.2) is 18.8 Å². The van der Waals surface area contributed by atoms with Gasteiger partial charge in [-0.1, -0.05) is 15.9 Å². The van der Waals surface area contributed by atoms with E-state index in [9.17, 15) is 0 Å². The number of guanidine groups is 1. The van der Waals surface area contributed by atoms with Crippen molar-refractivity contribution in [1.29, 1.82) is 0 Å². The summed E-state index contributed by atoms with van der Waals surface area (Å²) in [5.74, 6) is 0.690. The average Bonchev–Trinajstić information content (AvgIpc) is 2.22. The Morgan fingerprint density at radius 2 is 2.24 bits per heavy atom. The van der Waals surface area contributed by atoms with Gasteiger partial charge in [0.1, 0.15) is 5.75 Å². The van der Waals surface area contributed by atoms with Crippen molar-refractivity contribution in [3.05, 3.63) is 25.7 Å². The van der Waals surface area contributed by atoms with Gasteiger partial charge in [-0.15, -0.1) is 5.10 Å². The first kappa shape index (κ1) is 14.2. The topological polar surface area (TPSA) is 86.0 Å². The lowest BCUT2D eigenvalue weighted by atomic mass is 10.2. The zero-order chi connectivity index (χ0) is 12.8. The molecule has 92 valence electrons. The highest BCUT2D eigenvalue weighted by atomic mass is 127. The Labute approximate surface area is 122 Å². The molecule has 1 aromatic carbocycles. The zero-order valence-electron chi connectivity index (χ0n) is 9.15. The molecule has 0 aliphatic rings. The van der Waals surface area contributed by atoms with Crippen LogP contribution in [0.15, 0.2) is 26.8 Å². The van der Waals surface area contributed by atoms with Crippen molar-refractivity contribution in [3.8, 4) is 5.75 Å². The van der Waals surface area contributed by atoms with Gasteiger partial charge in [-0.3, -0.25) is 0 Å². The highest BCUT2D eigenvalue weighted by molar-refractivity contribution is 14.1. The lowest BCUT2D eigenvalue weighted by molar-refractivity contribution is 0.337. The van der Waals surface area contributed by atoms with E-state index in [-0.39, 0.29) is 5.96 Å². The number of benzene rings is 1. The summed E-state index contributed by atoms with van der Waals surface area (Å²) in [5, 5.41) is 7.32. The number of halogens is 2. The Bertz CT molecular complexity index is 458. The van der Waals surface area contributed by atoms with Crippen LogP contribution >= 0.6 is 38.5 Å². The van der Waals surface area contributed by atoms with Crippen molar-refractivity contribution < 1.29 is 4.74 Å². The molecule has 0 bridgehead atoms. The van der Waals surface area contributed by atoms with Crippen LogP contribution < -0.4 is 16.2 Å². The molecule has 0 aliphatic heterocycles. The summed E-state index contributed by atoms with van der Waals surface area (Å²) in [6.45, 7) is 2.51. The Morgan fingerprint density at radius 3 is 2.82 bits per heavy atom. The molecular weight excluding hydrogens is 399 g/mol. The van der Waals surface area contributed by atoms with E-state index in [4.69, 9.17) is 16.2 Å². The van der Waals surface area contributed by atoms with Crippen molar-refractivity contribution in [2.75, 3.05) is 6.61 Å². The third-order valence-corrected chi connectivity index (χ3v) is 2.95. The number of nitrogens with two attached hydrogens (primary N) is 2. The quantitative estimate of drug-likeness (QED) is 0.344. The molecule has 0 spiro atoms. The smallest absolute Gasteiger partial charge is 0.211 e. The summed E-state index contributed by atoms with van der Waals surface area (Å²) in [7, 11) is 0. The SMILES string of the molecule is CCOc1c(I)cc(Br)cc1C=NN=C(N)N. The molecule has 0 saturated carbocycles. The predicted octanol–water partition coefficient (Wildman–Crippen LogP) is 2.06. The molecule has 0 unspecified atom stereocenters. The molecule has 0 aliphatic carbocycles. The number of nitrogens with zero attached hydrogens (tertiary/aromatic N) is 2. The van der Waals surface area contributed by atoms with E-state index in [2.05, 4.69) is 48.7 Å². The molecule has 1 aromatic rings. The second-order valence-electron chi connectivity index (χ2n) is 3.01. The van der Waals surface area contributed by atoms with Crippen LogP contribution in [0.1, 0.15) is 12.5 Å². The van der Waals surface area contributed by atoms with Crippen molar-refractivity contribution >= 4 is 50.7 Å². The number of hydrogen-bond acceptors (Lipinski definition) is 3. The first-order valence-corrected chi connectivity index (χ1v) is 6.65. The van der Waals surface area contributed by atoms with E-state index in [1.165, 1.54) is 0 Å². The largest absolute Gasteiger partial charge is 0.492 e. The van der Waals surface area contributed by atoms with E-state index >= 15 is 0 Å². The standard InChI is InChI=1S/C10H12BrIN4O/c1-2-17-9-6(5-15-16-10(13)14)3-7(11)4-8(9)12/h3-5H,2H2,1H3,(H4,13,14,16). The van der Waals surface area contributed by atoms with Crippen LogP contribution in [0.4, 0.5) is 0 Å². The molecule has 0 aromatic heterocycles. The van der Waals surface area contributed by atoms with Crippen LogP contribution in [-0.2, 0) is 0 Å². The first-order valence-electron chi connectivity index (χ1n) is 4.78. The molecule has 0 fully saturated rings. The summed E-state index contributed by atoms with van der Waals surface area (Å²) in [6.07, 6.45) is 1.55. The summed E-state index contributed by atoms with van der Waals surface area (Å²) in [5.41, 5.74) is 11.2. The molecule has 7 heteroatoms. The maximum absolute atomic E-state index is 5.55. The molecule has 0 saturated heterocycles. The summed E-state index contributed by atoms with van der Waals surface area (Å²) < 4.78 is 7.48. The fraction of sp³-hybridized carbons (Fsp3) is 0.200. The Kier molecular flexibility index (Phi) is 5.69. The minimum Gasteiger partial charge on any atom is -0.492 e. The monoisotopic (exact) mass is 410 g/mol. The lowest BCUT2D eigenvalue weighted by Gasteiger charge is -2.09. The maximum Gasteiger partial charge on any atom is 0.211 e. The molecule has 1 rings (SSSR count). The highest BCUT2D eigenvalue weighted by Gasteiger charge is 2.08. The molecular formula is C10H12BrIN4O. The first-order chi connectivity index (χ1) is 8.04. The van der Waals surface area contributed by atoms with Crippen LogP contribution in [0, 0.1) is 3.57 Å². The highest BCUT2D eigenvalue weighted by Crippen LogP contribution is 2.28. The van der Waals surface area contributed by atoms with Gasteiger partial charge in [0.25, 0.3) is 0 Å². The van der Waals surface area contributed by atoms with Gasteiger partial charge in [-0.2, -0.15) is 5.10 Å². The second-order valence-corrected chi connectivity index (χ2v) is 5.09. The van der Waals surface area contributed by atoms with Crippen molar-refractivity contribution in [3.63, 3.8) is 0 Å². The fourth-order valence-corrected chi connectivity index (χ4v) is 2.84. The fourth-order valence-electron chi connectivity index (χ4n) is 1.13. The third-order valence-electron chi connectivity index (χ3n) is 1.70. The van der Waals surface area contributed by atoms with Gasteiger partial charge in [0.2, 0.25) is 5.96 Å². The molecule has 0 heterocycles. The van der Waals surface area contributed by atoms with E-state index in [0.29, 0.717) is 6.61 Å². The van der Waals surface area contributed by atoms with E-state index < -0.39 is 0 Å². The van der Waals surface area contributed by atoms with Crippen LogP contribution in [0.2, 0.25) is 0 Å². The molecule has 5 nitrogen and oxygen atoms in total. The Hall–Kier alpha value is -0.830. The zero-order valence-corrected chi connectivity index (χ0v) is 12.9. The minimum absolute atomic E-state index is 0.0797. The van der Waals surface area contributed by atoms with Crippen molar-refractivity contribution in [2.45, 2.75) is 6.92 Å². The molecule has 17 heavy (non-hydrogen) atoms. The van der Waals surface area contributed by atoms with Crippen LogP contribution in [0.3, 0.4) is 0 Å². The minimum atomic E-state index is -0.0797. The van der Waals surface area contributed by atoms with Gasteiger partial charge < -0.3 is 16.2 Å². The van der Waals surface area contributed by atoms with E-state index in [1.807, 2.05) is 19.1 Å². The molecule has 0 radical (unpaired) electrons. The number of ether oxygens (including phenoxy) is 1. The summed E-state index contributed by atoms with van der Waals surface area (Å²) >= 11 is 5.61. The number of rotatable bonds is 4. The van der Waals surface area contributed by atoms with E-state index in [1.54, 1.807) is 6.21 Å². The van der Waals surface area contributed by atoms with Crippen LogP contribution in [0.25, 0.3) is 0 Å². The predicted molar refractivity (Wildman–Crippen MR) is 81.4 cm³/mol. The van der Waals surface area contributed by atoms with Gasteiger partial charge in [-0.05, 0) is 41.6 Å². The maximum atomic E-state index is 5.55. The number of hydrogen-bond donors (Lipinski definition) is 2. The molecule has 0 atom stereocenters. The molecule has 0 amide bonds. The normalized spacial score (nSPS) is 10.5. The van der Waals surface area contributed by atoms with Gasteiger partial charge in [0.15, 0.2) is 0 Å². The van der Waals surface area contributed by atoms with Gasteiger partial charge in [-0.25, -0.2) is 0 Å². The third kappa shape index (κ3) is 4.50. The van der Waals surface area contributed by atoms with Crippen molar-refractivity contribution in [2.24, 2.45) is 21.7 Å². The van der Waals surface area contributed by atoms with Crippen molar-refractivity contribution in [1.82, 2.24) is 0 Å². The average molecular weight is 411 g/mol. The van der Waals surface area contributed by atoms with Gasteiger partial charge in [0, 0.05) is 10.0 Å². The Morgan fingerprint density at radius 1 is 1.53 bits per heavy atom. The lowest BCUT2D eigenvalue weighted by Crippen LogP contribution is -2.21. The summed E-state index contributed by atoms with van der Waals surface area (Å²) in [4.78, 5) is 0. The van der Waals surface area contributed by atoms with E-state index in [0.717, 1.165) is 19.4 Å². The molecule has 4 N–H and O–H groups in total. The van der Waals surface area contributed by atoms with Gasteiger partial charge >= 0.3 is 0 Å².